The van der Waals surface area contributed by atoms with Crippen LogP contribution in [0, 0.1) is 5.82 Å². The highest BCUT2D eigenvalue weighted by Crippen LogP contribution is 2.13. The summed E-state index contributed by atoms with van der Waals surface area (Å²) in [7, 11) is 0. The number of pyridine rings is 1. The summed E-state index contributed by atoms with van der Waals surface area (Å²) in [5.41, 5.74) is 1.21. The largest absolute Gasteiger partial charge is 0.344 e. The summed E-state index contributed by atoms with van der Waals surface area (Å²) in [6.45, 7) is 1.84. The second-order valence-electron chi connectivity index (χ2n) is 3.96. The average Bonchev–Trinajstić information content (AvgIpc) is 2.40. The fourth-order valence-corrected chi connectivity index (χ4v) is 1.60. The molecule has 0 aliphatic rings. The van der Waals surface area contributed by atoms with Crippen LogP contribution in [0.5, 0.6) is 0 Å². The predicted molar refractivity (Wildman–Crippen MR) is 66.5 cm³/mol. The topological polar surface area (TPSA) is 42.0 Å². The molecule has 1 unspecified atom stereocenters. The Morgan fingerprint density at radius 1 is 1.22 bits per heavy atom. The first kappa shape index (κ1) is 12.2. The van der Waals surface area contributed by atoms with E-state index in [-0.39, 0.29) is 17.8 Å². The lowest BCUT2D eigenvalue weighted by Gasteiger charge is -2.13. The zero-order valence-corrected chi connectivity index (χ0v) is 9.93. The SMILES string of the molecule is CC(NC(=O)c1ccccn1)c1ccc(F)cc1. The molecule has 0 spiro atoms. The summed E-state index contributed by atoms with van der Waals surface area (Å²) in [6, 6.07) is 11.0. The lowest BCUT2D eigenvalue weighted by atomic mass is 10.1. The van der Waals surface area contributed by atoms with Crippen LogP contribution in [-0.2, 0) is 0 Å². The van der Waals surface area contributed by atoms with E-state index in [9.17, 15) is 9.18 Å². The molecule has 1 N–H and O–H groups in total. The molecule has 1 atom stereocenters. The molecule has 18 heavy (non-hydrogen) atoms. The number of nitrogens with zero attached hydrogens (tertiary/aromatic N) is 1. The number of hydrogen-bond donors (Lipinski definition) is 1. The molecule has 2 aromatic rings. The third-order valence-electron chi connectivity index (χ3n) is 2.62. The lowest BCUT2D eigenvalue weighted by Crippen LogP contribution is -2.27. The van der Waals surface area contributed by atoms with Crippen LogP contribution in [0.4, 0.5) is 4.39 Å². The van der Waals surface area contributed by atoms with Gasteiger partial charge in [0.1, 0.15) is 11.5 Å². The van der Waals surface area contributed by atoms with E-state index in [0.717, 1.165) is 5.56 Å². The van der Waals surface area contributed by atoms with E-state index in [1.807, 2.05) is 6.92 Å². The van der Waals surface area contributed by atoms with Crippen molar-refractivity contribution in [3.05, 3.63) is 65.7 Å². The van der Waals surface area contributed by atoms with Gasteiger partial charge in [-0.05, 0) is 36.8 Å². The van der Waals surface area contributed by atoms with Crippen molar-refractivity contribution in [2.45, 2.75) is 13.0 Å². The molecule has 0 aliphatic heterocycles. The van der Waals surface area contributed by atoms with Gasteiger partial charge in [0.05, 0.1) is 6.04 Å². The van der Waals surface area contributed by atoms with Crippen LogP contribution in [-0.4, -0.2) is 10.9 Å². The number of carbonyl (C=O) groups excluding carboxylic acids is 1. The van der Waals surface area contributed by atoms with Gasteiger partial charge in [0.2, 0.25) is 0 Å². The number of aromatic nitrogens is 1. The van der Waals surface area contributed by atoms with Gasteiger partial charge in [0.25, 0.3) is 5.91 Å². The minimum atomic E-state index is -0.290. The average molecular weight is 244 g/mol. The van der Waals surface area contributed by atoms with Gasteiger partial charge in [-0.3, -0.25) is 9.78 Å². The van der Waals surface area contributed by atoms with Gasteiger partial charge in [-0.2, -0.15) is 0 Å². The lowest BCUT2D eigenvalue weighted by molar-refractivity contribution is 0.0935. The van der Waals surface area contributed by atoms with Crippen LogP contribution in [0.25, 0.3) is 0 Å². The van der Waals surface area contributed by atoms with Gasteiger partial charge in [-0.15, -0.1) is 0 Å². The van der Waals surface area contributed by atoms with Crippen molar-refractivity contribution in [2.75, 3.05) is 0 Å². The van der Waals surface area contributed by atoms with E-state index in [0.29, 0.717) is 5.69 Å². The highest BCUT2D eigenvalue weighted by molar-refractivity contribution is 5.92. The predicted octanol–water partition coefficient (Wildman–Crippen LogP) is 2.71. The molecule has 1 aromatic carbocycles. The Hall–Kier alpha value is -2.23. The van der Waals surface area contributed by atoms with Crippen LogP contribution in [0.2, 0.25) is 0 Å². The van der Waals surface area contributed by atoms with E-state index < -0.39 is 0 Å². The number of amides is 1. The number of carbonyl (C=O) groups is 1. The zero-order valence-electron chi connectivity index (χ0n) is 9.93. The zero-order chi connectivity index (χ0) is 13.0. The van der Waals surface area contributed by atoms with Crippen LogP contribution in [0.1, 0.15) is 29.0 Å². The van der Waals surface area contributed by atoms with E-state index in [1.165, 1.54) is 12.1 Å². The monoisotopic (exact) mass is 244 g/mol. The first-order valence-electron chi connectivity index (χ1n) is 5.64. The van der Waals surface area contributed by atoms with Gasteiger partial charge >= 0.3 is 0 Å². The molecule has 0 saturated carbocycles. The van der Waals surface area contributed by atoms with Crippen molar-refractivity contribution in [3.63, 3.8) is 0 Å². The first-order chi connectivity index (χ1) is 8.66. The number of hydrogen-bond acceptors (Lipinski definition) is 2. The van der Waals surface area contributed by atoms with Crippen molar-refractivity contribution in [1.82, 2.24) is 10.3 Å². The van der Waals surface area contributed by atoms with E-state index >= 15 is 0 Å². The normalized spacial score (nSPS) is 11.9. The molecule has 1 aromatic heterocycles. The third-order valence-corrected chi connectivity index (χ3v) is 2.62. The summed E-state index contributed by atoms with van der Waals surface area (Å²) in [5.74, 6) is -0.533. The molecule has 0 radical (unpaired) electrons. The summed E-state index contributed by atoms with van der Waals surface area (Å²) in [6.07, 6.45) is 1.57. The summed E-state index contributed by atoms with van der Waals surface area (Å²) in [5, 5.41) is 2.81. The summed E-state index contributed by atoms with van der Waals surface area (Å²) >= 11 is 0. The van der Waals surface area contributed by atoms with Gasteiger partial charge < -0.3 is 5.32 Å². The van der Waals surface area contributed by atoms with Crippen molar-refractivity contribution in [2.24, 2.45) is 0 Å². The van der Waals surface area contributed by atoms with Crippen LogP contribution >= 0.6 is 0 Å². The highest BCUT2D eigenvalue weighted by Gasteiger charge is 2.11. The quantitative estimate of drug-likeness (QED) is 0.902. The maximum absolute atomic E-state index is 12.8. The molecule has 1 heterocycles. The van der Waals surface area contributed by atoms with Crippen LogP contribution < -0.4 is 5.32 Å². The second kappa shape index (κ2) is 5.40. The number of benzene rings is 1. The Bertz CT molecular complexity index is 525. The fraction of sp³-hybridized carbons (Fsp3) is 0.143. The number of nitrogens with one attached hydrogen (secondary N) is 1. The van der Waals surface area contributed by atoms with Crippen molar-refractivity contribution in [1.29, 1.82) is 0 Å². The molecule has 0 bridgehead atoms. The molecule has 1 amide bonds. The maximum Gasteiger partial charge on any atom is 0.270 e. The molecule has 4 heteroatoms. The number of halogens is 1. The molecule has 0 fully saturated rings. The van der Waals surface area contributed by atoms with Gasteiger partial charge in [-0.25, -0.2) is 4.39 Å². The summed E-state index contributed by atoms with van der Waals surface area (Å²) < 4.78 is 12.8. The van der Waals surface area contributed by atoms with Crippen molar-refractivity contribution >= 4 is 5.91 Å². The van der Waals surface area contributed by atoms with Crippen LogP contribution in [0.3, 0.4) is 0 Å². The van der Waals surface area contributed by atoms with E-state index in [4.69, 9.17) is 0 Å². The van der Waals surface area contributed by atoms with Gasteiger partial charge in [-0.1, -0.05) is 18.2 Å². The molecule has 0 aliphatic carbocycles. The molecule has 3 nitrogen and oxygen atoms in total. The third kappa shape index (κ3) is 2.91. The van der Waals surface area contributed by atoms with E-state index in [1.54, 1.807) is 36.5 Å². The van der Waals surface area contributed by atoms with Crippen molar-refractivity contribution in [3.8, 4) is 0 Å². The smallest absolute Gasteiger partial charge is 0.270 e. The van der Waals surface area contributed by atoms with Gasteiger partial charge in [0.15, 0.2) is 0 Å². The fourth-order valence-electron chi connectivity index (χ4n) is 1.60. The minimum Gasteiger partial charge on any atom is -0.344 e. The Morgan fingerprint density at radius 3 is 2.56 bits per heavy atom. The molecular weight excluding hydrogens is 231 g/mol. The van der Waals surface area contributed by atoms with Crippen LogP contribution in [0.15, 0.2) is 48.7 Å². The van der Waals surface area contributed by atoms with Gasteiger partial charge in [0, 0.05) is 6.20 Å². The van der Waals surface area contributed by atoms with Crippen molar-refractivity contribution < 1.29 is 9.18 Å². The Morgan fingerprint density at radius 2 is 1.94 bits per heavy atom. The van der Waals surface area contributed by atoms with E-state index in [2.05, 4.69) is 10.3 Å². The maximum atomic E-state index is 12.8. The second-order valence-corrected chi connectivity index (χ2v) is 3.96. The first-order valence-corrected chi connectivity index (χ1v) is 5.64. The highest BCUT2D eigenvalue weighted by atomic mass is 19.1. The number of rotatable bonds is 3. The Kier molecular flexibility index (Phi) is 3.67. The molecule has 2 rings (SSSR count). The molecule has 92 valence electrons. The standard InChI is InChI=1S/C14H13FN2O/c1-10(11-5-7-12(15)8-6-11)17-14(18)13-4-2-3-9-16-13/h2-10H,1H3,(H,17,18). The molecular formula is C14H13FN2O. The Balaban J connectivity index is 2.06. The molecule has 0 saturated heterocycles. The minimum absolute atomic E-state index is 0.194. The summed E-state index contributed by atoms with van der Waals surface area (Å²) in [4.78, 5) is 15.8. The Labute approximate surface area is 105 Å².